The van der Waals surface area contributed by atoms with Gasteiger partial charge in [0, 0.05) is 13.2 Å². The van der Waals surface area contributed by atoms with E-state index in [0.29, 0.717) is 5.82 Å². The highest BCUT2D eigenvalue weighted by Gasteiger charge is 2.15. The number of nitrogen functional groups attached to an aromatic ring is 1. The van der Waals surface area contributed by atoms with Gasteiger partial charge in [0.25, 0.3) is 0 Å². The number of hydrogen-bond acceptors (Lipinski definition) is 6. The van der Waals surface area contributed by atoms with Crippen LogP contribution in [0, 0.1) is 0 Å². The van der Waals surface area contributed by atoms with Crippen LogP contribution in [-0.4, -0.2) is 29.2 Å². The van der Waals surface area contributed by atoms with Crippen LogP contribution in [0.3, 0.4) is 0 Å². The van der Waals surface area contributed by atoms with E-state index in [1.54, 1.807) is 0 Å². The summed E-state index contributed by atoms with van der Waals surface area (Å²) in [6.07, 6.45) is 5.21. The van der Waals surface area contributed by atoms with Crippen molar-refractivity contribution in [3.05, 3.63) is 10.8 Å². The quantitative estimate of drug-likeness (QED) is 0.577. The van der Waals surface area contributed by atoms with Crippen molar-refractivity contribution in [3.8, 4) is 0 Å². The number of nitrogens with one attached hydrogen (secondary N) is 2. The van der Waals surface area contributed by atoms with Gasteiger partial charge in [-0.1, -0.05) is 0 Å². The summed E-state index contributed by atoms with van der Waals surface area (Å²) >= 11 is 3.40. The molecule has 0 radical (unpaired) electrons. The third-order valence-electron chi connectivity index (χ3n) is 2.70. The van der Waals surface area contributed by atoms with Crippen molar-refractivity contribution in [2.24, 2.45) is 5.84 Å². The van der Waals surface area contributed by atoms with Gasteiger partial charge < -0.3 is 15.5 Å². The van der Waals surface area contributed by atoms with Gasteiger partial charge in [-0.15, -0.1) is 0 Å². The van der Waals surface area contributed by atoms with E-state index in [1.807, 2.05) is 0 Å². The summed E-state index contributed by atoms with van der Waals surface area (Å²) < 4.78 is 6.37. The molecule has 0 aromatic carbocycles. The van der Waals surface area contributed by atoms with E-state index in [4.69, 9.17) is 10.6 Å². The molecule has 1 saturated heterocycles. The minimum Gasteiger partial charge on any atom is -0.376 e. The molecule has 0 amide bonds. The molecule has 17 heavy (non-hydrogen) atoms. The zero-order valence-corrected chi connectivity index (χ0v) is 11.0. The fourth-order valence-electron chi connectivity index (χ4n) is 1.77. The topological polar surface area (TPSA) is 85.1 Å². The van der Waals surface area contributed by atoms with Gasteiger partial charge in [0.2, 0.25) is 0 Å². The van der Waals surface area contributed by atoms with E-state index < -0.39 is 0 Å². The van der Waals surface area contributed by atoms with Crippen molar-refractivity contribution >= 4 is 27.6 Å². The minimum atomic E-state index is 0.264. The molecule has 1 atom stereocenters. The van der Waals surface area contributed by atoms with Gasteiger partial charge in [0.05, 0.1) is 6.10 Å². The second kappa shape index (κ2) is 6.13. The number of nitrogens with two attached hydrogens (primary N) is 1. The summed E-state index contributed by atoms with van der Waals surface area (Å²) in [5.41, 5.74) is 2.50. The Kier molecular flexibility index (Phi) is 4.52. The van der Waals surface area contributed by atoms with Gasteiger partial charge in [-0.2, -0.15) is 0 Å². The molecule has 1 unspecified atom stereocenters. The monoisotopic (exact) mass is 301 g/mol. The predicted molar refractivity (Wildman–Crippen MR) is 69.6 cm³/mol. The standard InChI is InChI=1S/C10H16BrN5O/c11-8-9(14-6-15-10(8)16-12)13-5-7-3-1-2-4-17-7/h6-7H,1-5,12H2,(H2,13,14,15,16). The predicted octanol–water partition coefficient (Wildman–Crippen LogP) is 1.51. The zero-order chi connectivity index (χ0) is 12.1. The Hall–Kier alpha value is -0.920. The van der Waals surface area contributed by atoms with Crippen molar-refractivity contribution < 1.29 is 4.74 Å². The van der Waals surface area contributed by atoms with Gasteiger partial charge >= 0.3 is 0 Å². The van der Waals surface area contributed by atoms with Crippen molar-refractivity contribution in [2.75, 3.05) is 23.9 Å². The lowest BCUT2D eigenvalue weighted by Crippen LogP contribution is -2.27. The Bertz CT molecular complexity index is 370. The molecule has 1 aromatic rings. The number of hydrazine groups is 1. The first-order valence-electron chi connectivity index (χ1n) is 5.64. The van der Waals surface area contributed by atoms with E-state index in [1.165, 1.54) is 12.7 Å². The molecular formula is C10H16BrN5O. The largest absolute Gasteiger partial charge is 0.376 e. The molecule has 4 N–H and O–H groups in total. The van der Waals surface area contributed by atoms with E-state index in [0.717, 1.165) is 36.3 Å². The van der Waals surface area contributed by atoms with Gasteiger partial charge in [-0.3, -0.25) is 0 Å². The highest BCUT2D eigenvalue weighted by atomic mass is 79.9. The van der Waals surface area contributed by atoms with Crippen LogP contribution in [0.15, 0.2) is 10.8 Å². The maximum atomic E-state index is 5.63. The summed E-state index contributed by atoms with van der Waals surface area (Å²) in [5.74, 6) is 6.62. The maximum Gasteiger partial charge on any atom is 0.159 e. The van der Waals surface area contributed by atoms with Crippen LogP contribution < -0.4 is 16.6 Å². The number of ether oxygens (including phenoxy) is 1. The van der Waals surface area contributed by atoms with Crippen molar-refractivity contribution in [3.63, 3.8) is 0 Å². The molecule has 2 rings (SSSR count). The fraction of sp³-hybridized carbons (Fsp3) is 0.600. The summed E-state index contributed by atoms with van der Waals surface area (Å²) in [6.45, 7) is 1.60. The zero-order valence-electron chi connectivity index (χ0n) is 9.45. The summed E-state index contributed by atoms with van der Waals surface area (Å²) in [4.78, 5) is 8.14. The van der Waals surface area contributed by atoms with E-state index in [9.17, 15) is 0 Å². The average Bonchev–Trinajstić information content (AvgIpc) is 2.39. The van der Waals surface area contributed by atoms with Gasteiger partial charge in [-0.25, -0.2) is 15.8 Å². The lowest BCUT2D eigenvalue weighted by atomic mass is 10.1. The van der Waals surface area contributed by atoms with Crippen LogP contribution in [0.1, 0.15) is 19.3 Å². The highest BCUT2D eigenvalue weighted by Crippen LogP contribution is 2.26. The SMILES string of the molecule is NNc1ncnc(NCC2CCCCO2)c1Br. The molecule has 1 aromatic heterocycles. The van der Waals surface area contributed by atoms with Gasteiger partial charge in [0.15, 0.2) is 5.82 Å². The normalized spacial score (nSPS) is 20.0. The molecule has 0 saturated carbocycles. The molecule has 1 aliphatic rings. The molecule has 2 heterocycles. The van der Waals surface area contributed by atoms with Crippen molar-refractivity contribution in [1.82, 2.24) is 9.97 Å². The van der Waals surface area contributed by atoms with E-state index >= 15 is 0 Å². The summed E-state index contributed by atoms with van der Waals surface area (Å²) in [5, 5.41) is 3.24. The van der Waals surface area contributed by atoms with Crippen molar-refractivity contribution in [1.29, 1.82) is 0 Å². The number of anilines is 2. The summed E-state index contributed by atoms with van der Waals surface area (Å²) in [7, 11) is 0. The molecule has 7 heteroatoms. The second-order valence-electron chi connectivity index (χ2n) is 3.90. The minimum absolute atomic E-state index is 0.264. The van der Waals surface area contributed by atoms with Crippen LogP contribution in [0.25, 0.3) is 0 Å². The first-order valence-corrected chi connectivity index (χ1v) is 6.43. The molecule has 1 fully saturated rings. The van der Waals surface area contributed by atoms with E-state index in [2.05, 4.69) is 36.6 Å². The van der Waals surface area contributed by atoms with Crippen LogP contribution in [0.4, 0.5) is 11.6 Å². The second-order valence-corrected chi connectivity index (χ2v) is 4.69. The average molecular weight is 302 g/mol. The Balaban J connectivity index is 1.93. The molecular weight excluding hydrogens is 286 g/mol. The van der Waals surface area contributed by atoms with Crippen molar-refractivity contribution in [2.45, 2.75) is 25.4 Å². The van der Waals surface area contributed by atoms with Crippen LogP contribution in [0.5, 0.6) is 0 Å². The Morgan fingerprint density at radius 1 is 1.41 bits per heavy atom. The lowest BCUT2D eigenvalue weighted by Gasteiger charge is -2.23. The number of nitrogens with zero attached hydrogens (tertiary/aromatic N) is 2. The lowest BCUT2D eigenvalue weighted by molar-refractivity contribution is 0.0247. The number of rotatable bonds is 4. The van der Waals surface area contributed by atoms with Gasteiger partial charge in [0.1, 0.15) is 16.6 Å². The fourth-order valence-corrected chi connectivity index (χ4v) is 2.23. The van der Waals surface area contributed by atoms with Crippen LogP contribution in [-0.2, 0) is 4.74 Å². The number of halogens is 1. The number of aromatic nitrogens is 2. The Labute approximate surface area is 108 Å². The van der Waals surface area contributed by atoms with Crippen LogP contribution >= 0.6 is 15.9 Å². The first-order chi connectivity index (χ1) is 8.31. The molecule has 6 nitrogen and oxygen atoms in total. The highest BCUT2D eigenvalue weighted by molar-refractivity contribution is 9.10. The molecule has 0 aliphatic carbocycles. The Morgan fingerprint density at radius 2 is 2.24 bits per heavy atom. The molecule has 0 bridgehead atoms. The summed E-state index contributed by atoms with van der Waals surface area (Å²) in [6, 6.07) is 0. The van der Waals surface area contributed by atoms with Crippen LogP contribution in [0.2, 0.25) is 0 Å². The molecule has 1 aliphatic heterocycles. The molecule has 0 spiro atoms. The Morgan fingerprint density at radius 3 is 2.94 bits per heavy atom. The smallest absolute Gasteiger partial charge is 0.159 e. The third kappa shape index (κ3) is 3.27. The van der Waals surface area contributed by atoms with Gasteiger partial charge in [-0.05, 0) is 35.2 Å². The first kappa shape index (κ1) is 12.5. The molecule has 94 valence electrons. The van der Waals surface area contributed by atoms with E-state index in [-0.39, 0.29) is 6.10 Å². The number of hydrogen-bond donors (Lipinski definition) is 3. The maximum absolute atomic E-state index is 5.63. The third-order valence-corrected chi connectivity index (χ3v) is 3.45.